The minimum Gasteiger partial charge on any atom is -0.507 e. The average molecular weight is 486 g/mol. The predicted octanol–water partition coefficient (Wildman–Crippen LogP) is 4.27. The van der Waals surface area contributed by atoms with E-state index in [1.165, 1.54) is 26.0 Å². The molecule has 0 bridgehead atoms. The second-order valence-corrected chi connectivity index (χ2v) is 7.58. The molecule has 4 aromatic rings. The molecule has 0 aliphatic heterocycles. The Labute approximate surface area is 206 Å². The van der Waals surface area contributed by atoms with Crippen LogP contribution in [0.2, 0.25) is 0 Å². The van der Waals surface area contributed by atoms with Gasteiger partial charge in [-0.2, -0.15) is 5.10 Å². The first-order chi connectivity index (χ1) is 17.4. The summed E-state index contributed by atoms with van der Waals surface area (Å²) in [6.45, 7) is 0. The molecule has 4 rings (SSSR count). The second kappa shape index (κ2) is 10.1. The Hall–Kier alpha value is -4.92. The highest BCUT2D eigenvalue weighted by Crippen LogP contribution is 2.40. The Morgan fingerprint density at radius 2 is 1.39 bits per heavy atom. The van der Waals surface area contributed by atoms with Gasteiger partial charge in [-0.1, -0.05) is 42.5 Å². The summed E-state index contributed by atoms with van der Waals surface area (Å²) in [5, 5.41) is 15.8. The number of phenolic OH excluding ortho intramolecular Hbond substituents is 1. The van der Waals surface area contributed by atoms with Gasteiger partial charge in [-0.05, 0) is 35.9 Å². The Morgan fingerprint density at radius 3 is 2.06 bits per heavy atom. The third-order valence-corrected chi connectivity index (χ3v) is 5.54. The van der Waals surface area contributed by atoms with Gasteiger partial charge in [0.1, 0.15) is 17.0 Å². The number of nitrogens with zero attached hydrogens (tertiary/aromatic N) is 2. The zero-order chi connectivity index (χ0) is 25.8. The Bertz CT molecular complexity index is 1460. The third kappa shape index (κ3) is 4.29. The predicted molar refractivity (Wildman–Crippen MR) is 130 cm³/mol. The van der Waals surface area contributed by atoms with Gasteiger partial charge in [0.2, 0.25) is 0 Å². The van der Waals surface area contributed by atoms with Crippen LogP contribution in [0.15, 0.2) is 72.8 Å². The molecule has 0 radical (unpaired) electrons. The number of esters is 3. The molecule has 182 valence electrons. The lowest BCUT2D eigenvalue weighted by Crippen LogP contribution is -2.15. The number of ether oxygens (including phenoxy) is 3. The number of benzene rings is 3. The highest BCUT2D eigenvalue weighted by atomic mass is 16.5. The summed E-state index contributed by atoms with van der Waals surface area (Å²) in [5.41, 5.74) is 1.60. The van der Waals surface area contributed by atoms with Crippen molar-refractivity contribution < 1.29 is 33.7 Å². The molecule has 1 N–H and O–H groups in total. The highest BCUT2D eigenvalue weighted by molar-refractivity contribution is 6.07. The van der Waals surface area contributed by atoms with Crippen LogP contribution < -0.4 is 0 Å². The maximum absolute atomic E-state index is 12.9. The number of rotatable bonds is 6. The molecule has 0 fully saturated rings. The van der Waals surface area contributed by atoms with E-state index in [1.807, 2.05) is 0 Å². The molecule has 0 saturated heterocycles. The van der Waals surface area contributed by atoms with Gasteiger partial charge in [-0.3, -0.25) is 0 Å². The number of methoxy groups -OCH3 is 3. The quantitative estimate of drug-likeness (QED) is 0.317. The van der Waals surface area contributed by atoms with Gasteiger partial charge in [-0.25, -0.2) is 19.1 Å². The maximum Gasteiger partial charge on any atom is 0.357 e. The largest absolute Gasteiger partial charge is 0.507 e. The summed E-state index contributed by atoms with van der Waals surface area (Å²) in [5.74, 6) is -2.37. The van der Waals surface area contributed by atoms with E-state index in [2.05, 4.69) is 5.10 Å². The molecule has 0 aliphatic rings. The van der Waals surface area contributed by atoms with Gasteiger partial charge in [0, 0.05) is 11.1 Å². The van der Waals surface area contributed by atoms with Crippen LogP contribution in [0.4, 0.5) is 0 Å². The average Bonchev–Trinajstić information content (AvgIpc) is 3.32. The Morgan fingerprint density at radius 1 is 0.750 bits per heavy atom. The molecule has 0 saturated carbocycles. The van der Waals surface area contributed by atoms with E-state index in [1.54, 1.807) is 72.8 Å². The molecule has 36 heavy (non-hydrogen) atoms. The summed E-state index contributed by atoms with van der Waals surface area (Å²) < 4.78 is 16.0. The number of carbonyl (C=O) groups excluding carboxylic acids is 3. The molecule has 0 amide bonds. The Kier molecular flexibility index (Phi) is 6.82. The lowest BCUT2D eigenvalue weighted by molar-refractivity contribution is 0.0549. The molecule has 3 aromatic carbocycles. The van der Waals surface area contributed by atoms with Crippen LogP contribution in [-0.2, 0) is 14.2 Å². The van der Waals surface area contributed by atoms with Gasteiger partial charge >= 0.3 is 17.9 Å². The Balaban J connectivity index is 1.98. The van der Waals surface area contributed by atoms with Crippen molar-refractivity contribution in [2.75, 3.05) is 21.3 Å². The molecule has 1 aromatic heterocycles. The number of hydrogen-bond acceptors (Lipinski definition) is 8. The van der Waals surface area contributed by atoms with E-state index in [0.29, 0.717) is 22.4 Å². The van der Waals surface area contributed by atoms with Crippen molar-refractivity contribution in [2.24, 2.45) is 0 Å². The second-order valence-electron chi connectivity index (χ2n) is 7.58. The summed E-state index contributed by atoms with van der Waals surface area (Å²) in [6, 6.07) is 20.1. The van der Waals surface area contributed by atoms with E-state index in [-0.39, 0.29) is 28.3 Å². The number of aromatic hydroxyl groups is 1. The van der Waals surface area contributed by atoms with Crippen molar-refractivity contribution in [3.05, 3.63) is 89.6 Å². The number of hydrogen-bond donors (Lipinski definition) is 1. The van der Waals surface area contributed by atoms with Crippen LogP contribution in [0.1, 0.15) is 31.2 Å². The lowest BCUT2D eigenvalue weighted by Gasteiger charge is -2.11. The molecule has 0 atom stereocenters. The first-order valence-corrected chi connectivity index (χ1v) is 10.8. The van der Waals surface area contributed by atoms with Gasteiger partial charge in [0.15, 0.2) is 5.69 Å². The van der Waals surface area contributed by atoms with Crippen LogP contribution in [0, 0.1) is 0 Å². The topological polar surface area (TPSA) is 117 Å². The van der Waals surface area contributed by atoms with Crippen molar-refractivity contribution in [1.29, 1.82) is 0 Å². The fourth-order valence-corrected chi connectivity index (χ4v) is 3.84. The minimum absolute atomic E-state index is 0.0228. The van der Waals surface area contributed by atoms with Crippen LogP contribution in [0.3, 0.4) is 0 Å². The number of phenols is 1. The standard InChI is InChI=1S/C27H22N2O7/c1-34-25(31)17-10-7-9-16(15-17)19-13-8-14-20(24(19)30)22-21(26(32)35-2)23(27(33)36-3)29(28-22)18-11-5-4-6-12-18/h4-15,30H,1-3H3. The van der Waals surface area contributed by atoms with Crippen molar-refractivity contribution in [3.63, 3.8) is 0 Å². The zero-order valence-corrected chi connectivity index (χ0v) is 19.7. The normalized spacial score (nSPS) is 10.5. The number of aromatic nitrogens is 2. The molecular formula is C27H22N2O7. The fraction of sp³-hybridized carbons (Fsp3) is 0.111. The van der Waals surface area contributed by atoms with Crippen molar-refractivity contribution in [2.45, 2.75) is 0 Å². The fourth-order valence-electron chi connectivity index (χ4n) is 3.84. The number of para-hydroxylation sites is 2. The van der Waals surface area contributed by atoms with Crippen molar-refractivity contribution in [1.82, 2.24) is 9.78 Å². The third-order valence-electron chi connectivity index (χ3n) is 5.54. The summed E-state index contributed by atoms with van der Waals surface area (Å²) in [7, 11) is 3.66. The molecule has 0 aliphatic carbocycles. The molecule has 0 spiro atoms. The van der Waals surface area contributed by atoms with E-state index >= 15 is 0 Å². The summed E-state index contributed by atoms with van der Waals surface area (Å²) in [4.78, 5) is 37.7. The SMILES string of the molecule is COC(=O)c1cccc(-c2cccc(-c3nn(-c4ccccc4)c(C(=O)OC)c3C(=O)OC)c2O)c1. The van der Waals surface area contributed by atoms with Crippen molar-refractivity contribution in [3.8, 4) is 33.8 Å². The first-order valence-electron chi connectivity index (χ1n) is 10.8. The van der Waals surface area contributed by atoms with Crippen molar-refractivity contribution >= 4 is 17.9 Å². The monoisotopic (exact) mass is 486 g/mol. The van der Waals surface area contributed by atoms with Crippen LogP contribution in [0.25, 0.3) is 28.1 Å². The van der Waals surface area contributed by atoms with Gasteiger partial charge in [0.25, 0.3) is 0 Å². The van der Waals surface area contributed by atoms with E-state index < -0.39 is 17.9 Å². The number of carbonyl (C=O) groups is 3. The molecular weight excluding hydrogens is 464 g/mol. The lowest BCUT2D eigenvalue weighted by atomic mass is 9.97. The smallest absolute Gasteiger partial charge is 0.357 e. The molecule has 1 heterocycles. The maximum atomic E-state index is 12.9. The van der Waals surface area contributed by atoms with Gasteiger partial charge < -0.3 is 19.3 Å². The first kappa shape index (κ1) is 24.2. The van der Waals surface area contributed by atoms with Crippen LogP contribution >= 0.6 is 0 Å². The van der Waals surface area contributed by atoms with Crippen LogP contribution in [-0.4, -0.2) is 54.1 Å². The summed E-state index contributed by atoms with van der Waals surface area (Å²) in [6.07, 6.45) is 0. The highest BCUT2D eigenvalue weighted by Gasteiger charge is 2.32. The van der Waals surface area contributed by atoms with Gasteiger partial charge in [0.05, 0.1) is 32.6 Å². The van der Waals surface area contributed by atoms with E-state index in [0.717, 1.165) is 0 Å². The summed E-state index contributed by atoms with van der Waals surface area (Å²) >= 11 is 0. The molecule has 9 heteroatoms. The zero-order valence-electron chi connectivity index (χ0n) is 19.7. The van der Waals surface area contributed by atoms with Crippen LogP contribution in [0.5, 0.6) is 5.75 Å². The van der Waals surface area contributed by atoms with Gasteiger partial charge in [-0.15, -0.1) is 0 Å². The minimum atomic E-state index is -0.829. The van der Waals surface area contributed by atoms with E-state index in [4.69, 9.17) is 14.2 Å². The molecule has 9 nitrogen and oxygen atoms in total. The van der Waals surface area contributed by atoms with E-state index in [9.17, 15) is 19.5 Å². The molecule has 0 unspecified atom stereocenters.